The smallest absolute Gasteiger partial charge is 0.247 e. The summed E-state index contributed by atoms with van der Waals surface area (Å²) in [5.41, 5.74) is -0.109. The number of nitrogens with zero attached hydrogens (tertiary/aromatic N) is 1. The topological polar surface area (TPSA) is 49.4 Å². The average molecular weight is 294 g/mol. The van der Waals surface area contributed by atoms with E-state index in [0.29, 0.717) is 0 Å². The Labute approximate surface area is 121 Å². The summed E-state index contributed by atoms with van der Waals surface area (Å²) in [5.74, 6) is -1.82. The molecule has 1 aliphatic heterocycles. The maximum Gasteiger partial charge on any atom is 0.247 e. The van der Waals surface area contributed by atoms with Gasteiger partial charge in [-0.1, -0.05) is 6.07 Å². The molecule has 1 heterocycles. The summed E-state index contributed by atoms with van der Waals surface area (Å²) in [6.45, 7) is 1.58. The van der Waals surface area contributed by atoms with Gasteiger partial charge in [0.15, 0.2) is 0 Å². The molecule has 3 rings (SSSR count). The number of benzene rings is 1. The second kappa shape index (κ2) is 5.18. The lowest BCUT2D eigenvalue weighted by atomic mass is 10.1. The van der Waals surface area contributed by atoms with Crippen LogP contribution < -0.4 is 5.32 Å². The summed E-state index contributed by atoms with van der Waals surface area (Å²) in [6, 6.07) is 2.28. The molecule has 4 nitrogen and oxygen atoms in total. The van der Waals surface area contributed by atoms with E-state index >= 15 is 0 Å². The second-order valence-corrected chi connectivity index (χ2v) is 5.61. The van der Waals surface area contributed by atoms with E-state index < -0.39 is 23.7 Å². The number of nitrogens with one attached hydrogen (secondary N) is 1. The molecule has 2 amide bonds. The molecule has 0 radical (unpaired) electrons. The molecule has 0 spiro atoms. The Bertz CT molecular complexity index is 581. The van der Waals surface area contributed by atoms with E-state index in [2.05, 4.69) is 5.32 Å². The third-order valence-electron chi connectivity index (χ3n) is 3.98. The zero-order valence-electron chi connectivity index (χ0n) is 11.6. The van der Waals surface area contributed by atoms with Crippen LogP contribution in [0.1, 0.15) is 37.8 Å². The van der Waals surface area contributed by atoms with Gasteiger partial charge in [0.2, 0.25) is 11.8 Å². The van der Waals surface area contributed by atoms with Crippen LogP contribution in [0.5, 0.6) is 0 Å². The molecule has 112 valence electrons. The number of likely N-dealkylation sites (tertiary alicyclic amines) is 1. The van der Waals surface area contributed by atoms with E-state index in [9.17, 15) is 18.4 Å². The molecule has 1 aromatic carbocycles. The molecule has 21 heavy (non-hydrogen) atoms. The summed E-state index contributed by atoms with van der Waals surface area (Å²) < 4.78 is 27.4. The molecular formula is C15H16F2N2O2. The van der Waals surface area contributed by atoms with Crippen LogP contribution in [0, 0.1) is 11.6 Å². The number of carbonyl (C=O) groups excluding carboxylic acids is 2. The highest BCUT2D eigenvalue weighted by Gasteiger charge is 2.46. The Balaban J connectivity index is 1.75. The van der Waals surface area contributed by atoms with Crippen LogP contribution in [-0.2, 0) is 9.59 Å². The van der Waals surface area contributed by atoms with Crippen molar-refractivity contribution in [3.8, 4) is 0 Å². The van der Waals surface area contributed by atoms with Crippen molar-refractivity contribution in [2.75, 3.05) is 0 Å². The van der Waals surface area contributed by atoms with Gasteiger partial charge in [0, 0.05) is 17.6 Å². The highest BCUT2D eigenvalue weighted by Crippen LogP contribution is 2.32. The van der Waals surface area contributed by atoms with Crippen molar-refractivity contribution in [2.24, 2.45) is 0 Å². The van der Waals surface area contributed by atoms with Gasteiger partial charge in [-0.05, 0) is 31.9 Å². The quantitative estimate of drug-likeness (QED) is 0.863. The fourth-order valence-electron chi connectivity index (χ4n) is 2.81. The summed E-state index contributed by atoms with van der Waals surface area (Å²) >= 11 is 0. The monoisotopic (exact) mass is 294 g/mol. The molecular weight excluding hydrogens is 278 g/mol. The lowest BCUT2D eigenvalue weighted by Gasteiger charge is -2.20. The predicted octanol–water partition coefficient (Wildman–Crippen LogP) is 1.91. The van der Waals surface area contributed by atoms with Gasteiger partial charge in [0.05, 0.1) is 12.5 Å². The first-order chi connectivity index (χ1) is 9.99. The maximum absolute atomic E-state index is 13.7. The van der Waals surface area contributed by atoms with Crippen LogP contribution >= 0.6 is 0 Å². The molecule has 6 heteroatoms. The van der Waals surface area contributed by atoms with Gasteiger partial charge in [-0.15, -0.1) is 0 Å². The number of carbonyl (C=O) groups is 2. The Kier molecular flexibility index (Phi) is 3.49. The Morgan fingerprint density at radius 3 is 2.43 bits per heavy atom. The molecule has 1 saturated carbocycles. The van der Waals surface area contributed by atoms with E-state index in [0.717, 1.165) is 12.8 Å². The first-order valence-corrected chi connectivity index (χ1v) is 7.05. The highest BCUT2D eigenvalue weighted by atomic mass is 19.1. The molecule has 1 saturated heterocycles. The van der Waals surface area contributed by atoms with Gasteiger partial charge in [-0.3, -0.25) is 19.8 Å². The molecule has 0 aromatic heterocycles. The summed E-state index contributed by atoms with van der Waals surface area (Å²) in [6.07, 6.45) is 1.75. The minimum atomic E-state index is -0.702. The van der Waals surface area contributed by atoms with Crippen LogP contribution in [0.2, 0.25) is 0 Å². The van der Waals surface area contributed by atoms with Crippen LogP contribution in [0.4, 0.5) is 8.78 Å². The Morgan fingerprint density at radius 2 is 1.86 bits per heavy atom. The zero-order valence-corrected chi connectivity index (χ0v) is 11.6. The van der Waals surface area contributed by atoms with Crippen LogP contribution in [0.3, 0.4) is 0 Å². The standard InChI is InChI=1S/C15H16F2N2O2/c1-8(14-10(16)3-2-4-11(14)17)18-12-7-13(20)19(15(12)21)9-5-6-9/h2-4,8-9,12,18H,5-7H2,1H3. The molecule has 1 N–H and O–H groups in total. The van der Waals surface area contributed by atoms with E-state index in [-0.39, 0.29) is 29.8 Å². The number of halogens is 2. The van der Waals surface area contributed by atoms with Crippen LogP contribution in [0.25, 0.3) is 0 Å². The van der Waals surface area contributed by atoms with Gasteiger partial charge in [-0.25, -0.2) is 8.78 Å². The molecule has 2 atom stereocenters. The molecule has 0 bridgehead atoms. The van der Waals surface area contributed by atoms with Crippen molar-refractivity contribution < 1.29 is 18.4 Å². The molecule has 1 aromatic rings. The van der Waals surface area contributed by atoms with Crippen molar-refractivity contribution >= 4 is 11.8 Å². The molecule has 2 unspecified atom stereocenters. The SMILES string of the molecule is CC(NC1CC(=O)N(C2CC2)C1=O)c1c(F)cccc1F. The van der Waals surface area contributed by atoms with Gasteiger partial charge in [-0.2, -0.15) is 0 Å². The molecule has 2 fully saturated rings. The van der Waals surface area contributed by atoms with E-state index in [1.165, 1.54) is 23.1 Å². The normalized spacial score (nSPS) is 23.8. The van der Waals surface area contributed by atoms with Crippen LogP contribution in [0.15, 0.2) is 18.2 Å². The van der Waals surface area contributed by atoms with Crippen molar-refractivity contribution in [3.05, 3.63) is 35.4 Å². The van der Waals surface area contributed by atoms with Crippen molar-refractivity contribution in [1.82, 2.24) is 10.2 Å². The van der Waals surface area contributed by atoms with Gasteiger partial charge >= 0.3 is 0 Å². The number of amides is 2. The van der Waals surface area contributed by atoms with Crippen molar-refractivity contribution in [3.63, 3.8) is 0 Å². The number of hydrogen-bond donors (Lipinski definition) is 1. The Hall–Kier alpha value is -1.82. The Morgan fingerprint density at radius 1 is 1.24 bits per heavy atom. The molecule has 2 aliphatic rings. The second-order valence-electron chi connectivity index (χ2n) is 5.61. The summed E-state index contributed by atoms with van der Waals surface area (Å²) in [7, 11) is 0. The molecule has 1 aliphatic carbocycles. The lowest BCUT2D eigenvalue weighted by Crippen LogP contribution is -2.41. The summed E-state index contributed by atoms with van der Waals surface area (Å²) in [5, 5.41) is 2.88. The third kappa shape index (κ3) is 2.55. The average Bonchev–Trinajstić information content (AvgIpc) is 3.18. The minimum Gasteiger partial charge on any atom is -0.299 e. The number of hydrogen-bond acceptors (Lipinski definition) is 3. The minimum absolute atomic E-state index is 0.0253. The largest absolute Gasteiger partial charge is 0.299 e. The van der Waals surface area contributed by atoms with Crippen LogP contribution in [-0.4, -0.2) is 28.8 Å². The zero-order chi connectivity index (χ0) is 15.1. The maximum atomic E-state index is 13.7. The highest BCUT2D eigenvalue weighted by molar-refractivity contribution is 6.06. The number of imide groups is 1. The van der Waals surface area contributed by atoms with Gasteiger partial charge in [0.25, 0.3) is 0 Å². The van der Waals surface area contributed by atoms with Crippen molar-refractivity contribution in [1.29, 1.82) is 0 Å². The van der Waals surface area contributed by atoms with Gasteiger partial charge < -0.3 is 0 Å². The third-order valence-corrected chi connectivity index (χ3v) is 3.98. The van der Waals surface area contributed by atoms with E-state index in [1.54, 1.807) is 6.92 Å². The first kappa shape index (κ1) is 14.1. The van der Waals surface area contributed by atoms with E-state index in [1.807, 2.05) is 0 Å². The summed E-state index contributed by atoms with van der Waals surface area (Å²) in [4.78, 5) is 25.3. The fraction of sp³-hybridized carbons (Fsp3) is 0.467. The van der Waals surface area contributed by atoms with E-state index in [4.69, 9.17) is 0 Å². The number of rotatable bonds is 4. The van der Waals surface area contributed by atoms with Gasteiger partial charge in [0.1, 0.15) is 11.6 Å². The lowest BCUT2D eigenvalue weighted by molar-refractivity contribution is -0.139. The first-order valence-electron chi connectivity index (χ1n) is 7.05. The van der Waals surface area contributed by atoms with Crippen molar-refractivity contribution in [2.45, 2.75) is 44.3 Å². The predicted molar refractivity (Wildman–Crippen MR) is 71.2 cm³/mol. The fourth-order valence-corrected chi connectivity index (χ4v) is 2.81.